The maximum absolute atomic E-state index is 7.63. The standard InChI is InChI=1S/C21H20N4O.2ClH/c1-26-19-11-17(13-4-2-6-15(8-13)20(22)23)10-18(12-19)14-5-3-7-16(9-14)21(24)25;;/h2-12H,1H3,(H3,22,23)(H3,24,25);2*1H. The van der Waals surface area contributed by atoms with Gasteiger partial charge in [-0.2, -0.15) is 0 Å². The predicted octanol–water partition coefficient (Wildman–Crippen LogP) is 4.44. The lowest BCUT2D eigenvalue weighted by Gasteiger charge is -2.11. The van der Waals surface area contributed by atoms with Crippen molar-refractivity contribution in [2.45, 2.75) is 0 Å². The van der Waals surface area contributed by atoms with Crippen LogP contribution >= 0.6 is 24.8 Å². The number of hydrogen-bond acceptors (Lipinski definition) is 3. The van der Waals surface area contributed by atoms with Crippen LogP contribution in [-0.2, 0) is 0 Å². The van der Waals surface area contributed by atoms with Gasteiger partial charge in [-0.15, -0.1) is 24.8 Å². The van der Waals surface area contributed by atoms with Crippen molar-refractivity contribution in [2.75, 3.05) is 7.11 Å². The molecule has 146 valence electrons. The van der Waals surface area contributed by atoms with Gasteiger partial charge >= 0.3 is 0 Å². The Morgan fingerprint density at radius 1 is 0.679 bits per heavy atom. The maximum Gasteiger partial charge on any atom is 0.122 e. The number of amidine groups is 2. The van der Waals surface area contributed by atoms with Crippen LogP contribution in [0.2, 0.25) is 0 Å². The highest BCUT2D eigenvalue weighted by atomic mass is 35.5. The van der Waals surface area contributed by atoms with Crippen molar-refractivity contribution in [1.29, 1.82) is 10.8 Å². The quantitative estimate of drug-likeness (QED) is 0.364. The van der Waals surface area contributed by atoms with Crippen molar-refractivity contribution in [2.24, 2.45) is 11.5 Å². The molecule has 0 aliphatic heterocycles. The van der Waals surface area contributed by atoms with E-state index in [2.05, 4.69) is 0 Å². The summed E-state index contributed by atoms with van der Waals surface area (Å²) in [6, 6.07) is 21.0. The highest BCUT2D eigenvalue weighted by Crippen LogP contribution is 2.32. The summed E-state index contributed by atoms with van der Waals surface area (Å²) in [4.78, 5) is 0. The monoisotopic (exact) mass is 416 g/mol. The third kappa shape index (κ3) is 5.03. The summed E-state index contributed by atoms with van der Waals surface area (Å²) in [5.41, 5.74) is 16.4. The summed E-state index contributed by atoms with van der Waals surface area (Å²) >= 11 is 0. The third-order valence-electron chi connectivity index (χ3n) is 4.16. The zero-order valence-electron chi connectivity index (χ0n) is 15.2. The number of rotatable bonds is 5. The molecule has 0 saturated heterocycles. The normalized spacial score (nSPS) is 9.61. The molecule has 3 aromatic carbocycles. The van der Waals surface area contributed by atoms with Crippen molar-refractivity contribution < 1.29 is 4.74 Å². The Bertz CT molecular complexity index is 929. The van der Waals surface area contributed by atoms with E-state index in [4.69, 9.17) is 27.0 Å². The van der Waals surface area contributed by atoms with E-state index in [0.717, 1.165) is 28.0 Å². The molecule has 5 nitrogen and oxygen atoms in total. The molecule has 0 aliphatic carbocycles. The van der Waals surface area contributed by atoms with Crippen LogP contribution in [0.25, 0.3) is 22.3 Å². The molecule has 0 unspecified atom stereocenters. The molecule has 0 amide bonds. The summed E-state index contributed by atoms with van der Waals surface area (Å²) in [6.45, 7) is 0. The molecule has 7 heteroatoms. The van der Waals surface area contributed by atoms with Gasteiger partial charge in [0.1, 0.15) is 17.4 Å². The smallest absolute Gasteiger partial charge is 0.122 e. The average molecular weight is 417 g/mol. The second-order valence-electron chi connectivity index (χ2n) is 5.94. The zero-order chi connectivity index (χ0) is 18.7. The molecule has 28 heavy (non-hydrogen) atoms. The summed E-state index contributed by atoms with van der Waals surface area (Å²) in [6.07, 6.45) is 0. The van der Waals surface area contributed by atoms with Gasteiger partial charge in [0.2, 0.25) is 0 Å². The number of nitrogens with two attached hydrogens (primary N) is 2. The zero-order valence-corrected chi connectivity index (χ0v) is 16.9. The summed E-state index contributed by atoms with van der Waals surface area (Å²) in [7, 11) is 1.63. The maximum atomic E-state index is 7.63. The van der Waals surface area contributed by atoms with Crippen LogP contribution in [0, 0.1) is 10.8 Å². The Morgan fingerprint density at radius 3 is 1.46 bits per heavy atom. The van der Waals surface area contributed by atoms with Gasteiger partial charge in [-0.25, -0.2) is 0 Å². The minimum atomic E-state index is 0. The average Bonchev–Trinajstić information content (AvgIpc) is 2.67. The van der Waals surface area contributed by atoms with Crippen molar-refractivity contribution in [1.82, 2.24) is 0 Å². The van der Waals surface area contributed by atoms with Gasteiger partial charge < -0.3 is 16.2 Å². The second kappa shape index (κ2) is 9.78. The number of nitrogen functional groups attached to an aromatic ring is 2. The van der Waals surface area contributed by atoms with E-state index in [1.54, 1.807) is 7.11 Å². The first kappa shape index (κ1) is 23.0. The topological polar surface area (TPSA) is 109 Å². The van der Waals surface area contributed by atoms with Gasteiger partial charge in [0, 0.05) is 11.1 Å². The fourth-order valence-electron chi connectivity index (χ4n) is 2.78. The Labute approximate surface area is 176 Å². The highest BCUT2D eigenvalue weighted by Gasteiger charge is 2.08. The molecular weight excluding hydrogens is 395 g/mol. The first-order valence-corrected chi connectivity index (χ1v) is 8.06. The van der Waals surface area contributed by atoms with Crippen molar-refractivity contribution >= 4 is 36.5 Å². The predicted molar refractivity (Wildman–Crippen MR) is 120 cm³/mol. The number of halogens is 2. The molecule has 0 saturated carbocycles. The number of hydrogen-bond donors (Lipinski definition) is 4. The largest absolute Gasteiger partial charge is 0.497 e. The van der Waals surface area contributed by atoms with E-state index in [9.17, 15) is 0 Å². The van der Waals surface area contributed by atoms with E-state index >= 15 is 0 Å². The first-order valence-electron chi connectivity index (χ1n) is 8.06. The van der Waals surface area contributed by atoms with E-state index < -0.39 is 0 Å². The Balaban J connectivity index is 0.00000196. The van der Waals surface area contributed by atoms with Crippen LogP contribution in [0.3, 0.4) is 0 Å². The Morgan fingerprint density at radius 2 is 1.11 bits per heavy atom. The molecule has 0 radical (unpaired) electrons. The van der Waals surface area contributed by atoms with E-state index in [1.165, 1.54) is 0 Å². The minimum absolute atomic E-state index is 0. The number of ether oxygens (including phenoxy) is 1. The molecule has 0 spiro atoms. The van der Waals surface area contributed by atoms with Gasteiger partial charge in [0.25, 0.3) is 0 Å². The summed E-state index contributed by atoms with van der Waals surface area (Å²) in [5.74, 6) is 0.784. The molecule has 0 aromatic heterocycles. The Kier molecular flexibility index (Phi) is 8.04. The lowest BCUT2D eigenvalue weighted by atomic mass is 9.96. The van der Waals surface area contributed by atoms with Crippen LogP contribution in [-0.4, -0.2) is 18.8 Å². The van der Waals surface area contributed by atoms with E-state index in [0.29, 0.717) is 11.1 Å². The van der Waals surface area contributed by atoms with Crippen LogP contribution in [0.1, 0.15) is 11.1 Å². The molecule has 3 aromatic rings. The highest BCUT2D eigenvalue weighted by molar-refractivity contribution is 5.97. The van der Waals surface area contributed by atoms with Crippen molar-refractivity contribution in [3.05, 3.63) is 77.9 Å². The van der Waals surface area contributed by atoms with Crippen LogP contribution in [0.15, 0.2) is 66.7 Å². The van der Waals surface area contributed by atoms with Gasteiger partial charge in [-0.3, -0.25) is 10.8 Å². The van der Waals surface area contributed by atoms with Gasteiger partial charge in [-0.05, 0) is 52.6 Å². The molecule has 0 atom stereocenters. The number of nitrogens with one attached hydrogen (secondary N) is 2. The molecule has 0 heterocycles. The second-order valence-corrected chi connectivity index (χ2v) is 5.94. The molecule has 0 bridgehead atoms. The summed E-state index contributed by atoms with van der Waals surface area (Å²) < 4.78 is 5.46. The number of benzene rings is 3. The number of methoxy groups -OCH3 is 1. The molecule has 6 N–H and O–H groups in total. The molecule has 3 rings (SSSR count). The first-order chi connectivity index (χ1) is 12.5. The SMILES string of the molecule is COc1cc(-c2cccc(C(=N)N)c2)cc(-c2cccc(C(=N)N)c2)c1.Cl.Cl. The fraction of sp³-hybridized carbons (Fsp3) is 0.0476. The van der Waals surface area contributed by atoms with Gasteiger partial charge in [-0.1, -0.05) is 36.4 Å². The van der Waals surface area contributed by atoms with Gasteiger partial charge in [0.15, 0.2) is 0 Å². The third-order valence-corrected chi connectivity index (χ3v) is 4.16. The minimum Gasteiger partial charge on any atom is -0.497 e. The summed E-state index contributed by atoms with van der Waals surface area (Å²) in [5, 5.41) is 15.3. The molecule has 0 aliphatic rings. The van der Waals surface area contributed by atoms with Crippen LogP contribution in [0.5, 0.6) is 5.75 Å². The Hall–Kier alpha value is -3.02. The lowest BCUT2D eigenvalue weighted by molar-refractivity contribution is 0.415. The lowest BCUT2D eigenvalue weighted by Crippen LogP contribution is -2.10. The van der Waals surface area contributed by atoms with E-state index in [-0.39, 0.29) is 36.5 Å². The van der Waals surface area contributed by atoms with Crippen molar-refractivity contribution in [3.63, 3.8) is 0 Å². The van der Waals surface area contributed by atoms with Crippen LogP contribution < -0.4 is 16.2 Å². The molecular formula is C21H22Cl2N4O. The molecule has 0 fully saturated rings. The van der Waals surface area contributed by atoms with Crippen molar-refractivity contribution in [3.8, 4) is 28.0 Å². The van der Waals surface area contributed by atoms with Gasteiger partial charge in [0.05, 0.1) is 7.11 Å². The van der Waals surface area contributed by atoms with E-state index in [1.807, 2.05) is 66.7 Å². The fourth-order valence-corrected chi connectivity index (χ4v) is 2.78. The van der Waals surface area contributed by atoms with Crippen LogP contribution in [0.4, 0.5) is 0 Å².